The molecule has 0 aliphatic rings. The quantitative estimate of drug-likeness (QED) is 0.811. The molecular weight excluding hydrogens is 267 g/mol. The molecule has 0 unspecified atom stereocenters. The Morgan fingerprint density at radius 3 is 2.26 bits per heavy atom. The number of rotatable bonds is 3. The van der Waals surface area contributed by atoms with Crippen molar-refractivity contribution in [1.82, 2.24) is 0 Å². The summed E-state index contributed by atoms with van der Waals surface area (Å²) in [6, 6.07) is 10.3. The molecule has 0 radical (unpaired) electrons. The minimum atomic E-state index is -3.94. The third-order valence-electron chi connectivity index (χ3n) is 2.73. The van der Waals surface area contributed by atoms with E-state index in [1.165, 1.54) is 37.3 Å². The first kappa shape index (κ1) is 13.5. The number of hydrogen-bond acceptors (Lipinski definition) is 3. The van der Waals surface area contributed by atoms with Crippen LogP contribution in [0.15, 0.2) is 47.4 Å². The molecule has 0 spiro atoms. The van der Waals surface area contributed by atoms with Crippen LogP contribution in [0.4, 0.5) is 4.39 Å². The fourth-order valence-corrected chi connectivity index (χ4v) is 2.53. The second kappa shape index (κ2) is 5.01. The second-order valence-electron chi connectivity index (χ2n) is 4.21. The molecule has 2 aromatic carbocycles. The minimum absolute atomic E-state index is 0.000532. The predicted octanol–water partition coefficient (Wildman–Crippen LogP) is 3.21. The Labute approximate surface area is 111 Å². The molecular formula is C14H13FO3S. The number of halogens is 1. The van der Waals surface area contributed by atoms with Crippen molar-refractivity contribution in [3.05, 3.63) is 59.4 Å². The molecule has 0 aromatic heterocycles. The van der Waals surface area contributed by atoms with Crippen molar-refractivity contribution in [3.63, 3.8) is 0 Å². The van der Waals surface area contributed by atoms with E-state index in [4.69, 9.17) is 4.18 Å². The highest BCUT2D eigenvalue weighted by Crippen LogP contribution is 2.24. The van der Waals surface area contributed by atoms with Crippen LogP contribution in [0.25, 0.3) is 0 Å². The summed E-state index contributed by atoms with van der Waals surface area (Å²) in [6.45, 7) is 3.32. The lowest BCUT2D eigenvalue weighted by Gasteiger charge is -2.09. The van der Waals surface area contributed by atoms with Gasteiger partial charge < -0.3 is 4.18 Å². The monoisotopic (exact) mass is 280 g/mol. The molecule has 2 aromatic rings. The van der Waals surface area contributed by atoms with Gasteiger partial charge in [-0.25, -0.2) is 4.39 Å². The molecule has 0 N–H and O–H groups in total. The summed E-state index contributed by atoms with van der Waals surface area (Å²) in [4.78, 5) is 0.0433. The summed E-state index contributed by atoms with van der Waals surface area (Å²) in [5, 5.41) is 0. The van der Waals surface area contributed by atoms with E-state index in [1.807, 2.05) is 6.92 Å². The molecule has 2 rings (SSSR count). The molecule has 0 saturated heterocycles. The van der Waals surface area contributed by atoms with Crippen LogP contribution in [-0.4, -0.2) is 8.42 Å². The zero-order valence-electron chi connectivity index (χ0n) is 10.6. The summed E-state index contributed by atoms with van der Waals surface area (Å²) in [5.41, 5.74) is 1.11. The zero-order valence-corrected chi connectivity index (χ0v) is 11.4. The van der Waals surface area contributed by atoms with E-state index in [2.05, 4.69) is 0 Å². The molecule has 0 fully saturated rings. The Kier molecular flexibility index (Phi) is 3.57. The Bertz CT molecular complexity index is 691. The molecule has 19 heavy (non-hydrogen) atoms. The molecule has 0 heterocycles. The average molecular weight is 280 g/mol. The van der Waals surface area contributed by atoms with E-state index in [0.717, 1.165) is 5.56 Å². The van der Waals surface area contributed by atoms with Crippen molar-refractivity contribution in [2.24, 2.45) is 0 Å². The van der Waals surface area contributed by atoms with E-state index in [-0.39, 0.29) is 16.2 Å². The van der Waals surface area contributed by atoms with Gasteiger partial charge in [-0.15, -0.1) is 0 Å². The van der Waals surface area contributed by atoms with Gasteiger partial charge in [0, 0.05) is 5.56 Å². The van der Waals surface area contributed by atoms with E-state index >= 15 is 0 Å². The fourth-order valence-electron chi connectivity index (χ4n) is 1.55. The van der Waals surface area contributed by atoms with Gasteiger partial charge in [-0.05, 0) is 38.1 Å². The van der Waals surface area contributed by atoms with Crippen molar-refractivity contribution >= 4 is 10.1 Å². The topological polar surface area (TPSA) is 43.4 Å². The van der Waals surface area contributed by atoms with Crippen LogP contribution in [0, 0.1) is 19.7 Å². The summed E-state index contributed by atoms with van der Waals surface area (Å²) < 4.78 is 42.4. The van der Waals surface area contributed by atoms with Crippen molar-refractivity contribution < 1.29 is 17.0 Å². The summed E-state index contributed by atoms with van der Waals surface area (Å²) in [7, 11) is -3.94. The van der Waals surface area contributed by atoms with Crippen molar-refractivity contribution in [1.29, 1.82) is 0 Å². The van der Waals surface area contributed by atoms with Crippen LogP contribution in [0.2, 0.25) is 0 Å². The highest BCUT2D eigenvalue weighted by atomic mass is 32.2. The van der Waals surface area contributed by atoms with E-state index in [1.54, 1.807) is 12.1 Å². The molecule has 100 valence electrons. The van der Waals surface area contributed by atoms with Gasteiger partial charge in [0.05, 0.1) is 0 Å². The van der Waals surface area contributed by atoms with Crippen molar-refractivity contribution in [2.45, 2.75) is 18.7 Å². The lowest BCUT2D eigenvalue weighted by atomic mass is 10.2. The first-order valence-corrected chi connectivity index (χ1v) is 7.07. The van der Waals surface area contributed by atoms with Crippen LogP contribution < -0.4 is 4.18 Å². The first-order chi connectivity index (χ1) is 8.90. The first-order valence-electron chi connectivity index (χ1n) is 5.66. The van der Waals surface area contributed by atoms with Crippen LogP contribution >= 0.6 is 0 Å². The highest BCUT2D eigenvalue weighted by molar-refractivity contribution is 7.87. The van der Waals surface area contributed by atoms with Gasteiger partial charge in [0.2, 0.25) is 0 Å². The molecule has 5 heteroatoms. The van der Waals surface area contributed by atoms with E-state index in [0.29, 0.717) is 0 Å². The third-order valence-corrected chi connectivity index (χ3v) is 3.98. The van der Waals surface area contributed by atoms with E-state index in [9.17, 15) is 12.8 Å². The number of hydrogen-bond donors (Lipinski definition) is 0. The summed E-state index contributed by atoms with van der Waals surface area (Å²) in [5.74, 6) is -0.503. The number of benzene rings is 2. The molecule has 0 saturated carbocycles. The average Bonchev–Trinajstić information content (AvgIpc) is 2.35. The Hall–Kier alpha value is -1.88. The highest BCUT2D eigenvalue weighted by Gasteiger charge is 2.18. The standard InChI is InChI=1S/C14H13FO3S/c1-10-6-8-12(9-7-10)19(16,17)18-14-5-3-4-13(15)11(14)2/h3-9H,1-2H3. The maximum absolute atomic E-state index is 13.3. The summed E-state index contributed by atoms with van der Waals surface area (Å²) in [6.07, 6.45) is 0. The molecule has 0 bridgehead atoms. The van der Waals surface area contributed by atoms with Crippen LogP contribution in [0.5, 0.6) is 5.75 Å². The Morgan fingerprint density at radius 1 is 1.00 bits per heavy atom. The molecule has 0 amide bonds. The van der Waals surface area contributed by atoms with Gasteiger partial charge in [0.1, 0.15) is 16.5 Å². The molecule has 0 aliphatic heterocycles. The van der Waals surface area contributed by atoms with Crippen LogP contribution in [-0.2, 0) is 10.1 Å². The summed E-state index contributed by atoms with van der Waals surface area (Å²) >= 11 is 0. The van der Waals surface area contributed by atoms with Crippen molar-refractivity contribution in [3.8, 4) is 5.75 Å². The van der Waals surface area contributed by atoms with Gasteiger partial charge >= 0.3 is 10.1 Å². The van der Waals surface area contributed by atoms with Gasteiger partial charge in [-0.1, -0.05) is 23.8 Å². The van der Waals surface area contributed by atoms with Crippen LogP contribution in [0.1, 0.15) is 11.1 Å². The maximum atomic E-state index is 13.3. The largest absolute Gasteiger partial charge is 0.379 e. The Balaban J connectivity index is 2.36. The van der Waals surface area contributed by atoms with E-state index < -0.39 is 15.9 Å². The van der Waals surface area contributed by atoms with Gasteiger partial charge in [0.15, 0.2) is 0 Å². The van der Waals surface area contributed by atoms with Gasteiger partial charge in [-0.3, -0.25) is 0 Å². The maximum Gasteiger partial charge on any atom is 0.339 e. The predicted molar refractivity (Wildman–Crippen MR) is 70.1 cm³/mol. The molecule has 3 nitrogen and oxygen atoms in total. The van der Waals surface area contributed by atoms with Gasteiger partial charge in [0.25, 0.3) is 0 Å². The zero-order chi connectivity index (χ0) is 14.0. The SMILES string of the molecule is Cc1ccc(S(=O)(=O)Oc2cccc(F)c2C)cc1. The molecule has 0 aliphatic carbocycles. The lowest BCUT2D eigenvalue weighted by Crippen LogP contribution is -2.10. The number of aryl methyl sites for hydroxylation is 1. The minimum Gasteiger partial charge on any atom is -0.379 e. The fraction of sp³-hybridized carbons (Fsp3) is 0.143. The lowest BCUT2D eigenvalue weighted by molar-refractivity contribution is 0.480. The smallest absolute Gasteiger partial charge is 0.339 e. The Morgan fingerprint density at radius 2 is 1.63 bits per heavy atom. The van der Waals surface area contributed by atoms with Crippen molar-refractivity contribution in [2.75, 3.05) is 0 Å². The third kappa shape index (κ3) is 2.93. The van der Waals surface area contributed by atoms with Crippen LogP contribution in [0.3, 0.4) is 0 Å². The van der Waals surface area contributed by atoms with Gasteiger partial charge in [-0.2, -0.15) is 8.42 Å². The normalized spacial score (nSPS) is 11.3. The second-order valence-corrected chi connectivity index (χ2v) is 5.76. The molecule has 0 atom stereocenters.